The summed E-state index contributed by atoms with van der Waals surface area (Å²) in [6.07, 6.45) is 4.42. The second-order valence-electron chi connectivity index (χ2n) is 5.83. The van der Waals surface area contributed by atoms with Crippen molar-refractivity contribution in [2.24, 2.45) is 0 Å². The second kappa shape index (κ2) is 6.88. The molecule has 4 heteroatoms. The zero-order chi connectivity index (χ0) is 15.4. The van der Waals surface area contributed by atoms with E-state index in [0.717, 1.165) is 30.8 Å². The van der Waals surface area contributed by atoms with Crippen molar-refractivity contribution in [2.75, 3.05) is 13.1 Å². The van der Waals surface area contributed by atoms with Crippen LogP contribution in [0.3, 0.4) is 0 Å². The van der Waals surface area contributed by atoms with Crippen LogP contribution >= 0.6 is 0 Å². The fourth-order valence-electron chi connectivity index (χ4n) is 3.14. The number of hydrogen-bond acceptors (Lipinski definition) is 4. The van der Waals surface area contributed by atoms with Gasteiger partial charge < -0.3 is 4.52 Å². The van der Waals surface area contributed by atoms with Gasteiger partial charge in [0.2, 0.25) is 11.5 Å². The Bertz CT molecular complexity index is 615. The summed E-state index contributed by atoms with van der Waals surface area (Å²) in [5, 5.41) is 4.05. The van der Waals surface area contributed by atoms with E-state index in [1.54, 1.807) is 6.07 Å². The predicted molar refractivity (Wildman–Crippen MR) is 85.8 cm³/mol. The van der Waals surface area contributed by atoms with E-state index in [0.29, 0.717) is 5.76 Å². The van der Waals surface area contributed by atoms with Gasteiger partial charge in [0.15, 0.2) is 0 Å². The lowest BCUT2D eigenvalue weighted by Crippen LogP contribution is -2.43. The molecule has 0 bridgehead atoms. The van der Waals surface area contributed by atoms with Crippen LogP contribution in [-0.2, 0) is 0 Å². The first kappa shape index (κ1) is 15.0. The Kier molecular flexibility index (Phi) is 4.68. The molecule has 1 saturated heterocycles. The number of ketones is 1. The standard InChI is InChI=1S/C18H22N2O2/c1-2-16(20-11-7-4-8-12-20)18(21)17-13-15(19-22-17)14-9-5-3-6-10-14/h3,5-6,9-10,13,16H,2,4,7-8,11-12H2,1H3. The van der Waals surface area contributed by atoms with Crippen LogP contribution in [0, 0.1) is 0 Å². The number of nitrogens with zero attached hydrogens (tertiary/aromatic N) is 2. The normalized spacial score (nSPS) is 17.3. The van der Waals surface area contributed by atoms with Crippen molar-refractivity contribution in [1.29, 1.82) is 0 Å². The number of likely N-dealkylation sites (tertiary alicyclic amines) is 1. The van der Waals surface area contributed by atoms with Gasteiger partial charge in [0.05, 0.1) is 6.04 Å². The topological polar surface area (TPSA) is 46.3 Å². The summed E-state index contributed by atoms with van der Waals surface area (Å²) in [5.74, 6) is 0.426. The Morgan fingerprint density at radius 2 is 1.95 bits per heavy atom. The summed E-state index contributed by atoms with van der Waals surface area (Å²) in [5.41, 5.74) is 1.69. The third kappa shape index (κ3) is 3.12. The molecule has 1 fully saturated rings. The molecular formula is C18H22N2O2. The number of hydrogen-bond donors (Lipinski definition) is 0. The van der Waals surface area contributed by atoms with Crippen molar-refractivity contribution in [1.82, 2.24) is 10.1 Å². The van der Waals surface area contributed by atoms with Gasteiger partial charge in [0, 0.05) is 11.6 Å². The van der Waals surface area contributed by atoms with Crippen molar-refractivity contribution < 1.29 is 9.32 Å². The molecule has 0 amide bonds. The first-order valence-corrected chi connectivity index (χ1v) is 8.10. The van der Waals surface area contributed by atoms with E-state index >= 15 is 0 Å². The van der Waals surface area contributed by atoms with E-state index in [-0.39, 0.29) is 11.8 Å². The molecule has 0 aliphatic carbocycles. The lowest BCUT2D eigenvalue weighted by Gasteiger charge is -2.32. The molecule has 0 saturated carbocycles. The molecule has 0 N–H and O–H groups in total. The quantitative estimate of drug-likeness (QED) is 0.788. The van der Waals surface area contributed by atoms with Crippen LogP contribution in [0.5, 0.6) is 0 Å². The predicted octanol–water partition coefficient (Wildman–Crippen LogP) is 3.79. The Morgan fingerprint density at radius 3 is 2.64 bits per heavy atom. The zero-order valence-corrected chi connectivity index (χ0v) is 13.0. The Hall–Kier alpha value is -1.94. The monoisotopic (exact) mass is 298 g/mol. The van der Waals surface area contributed by atoms with Crippen molar-refractivity contribution in [3.05, 3.63) is 42.2 Å². The maximum absolute atomic E-state index is 12.7. The molecule has 0 spiro atoms. The number of aromatic nitrogens is 1. The van der Waals surface area contributed by atoms with Crippen LogP contribution in [0.4, 0.5) is 0 Å². The van der Waals surface area contributed by atoms with Crippen LogP contribution in [0.2, 0.25) is 0 Å². The Labute approximate surface area is 131 Å². The largest absolute Gasteiger partial charge is 0.352 e. The smallest absolute Gasteiger partial charge is 0.217 e. The molecule has 2 aromatic rings. The Balaban J connectivity index is 1.78. The van der Waals surface area contributed by atoms with Crippen LogP contribution < -0.4 is 0 Å². The molecule has 1 aliphatic rings. The molecule has 1 aromatic carbocycles. The van der Waals surface area contributed by atoms with Crippen molar-refractivity contribution in [2.45, 2.75) is 38.6 Å². The third-order valence-electron chi connectivity index (χ3n) is 4.34. The number of Topliss-reactive ketones (excluding diaryl/α,β-unsaturated/α-hetero) is 1. The molecule has 3 rings (SSSR count). The molecule has 116 valence electrons. The van der Waals surface area contributed by atoms with E-state index in [1.165, 1.54) is 19.3 Å². The maximum Gasteiger partial charge on any atom is 0.217 e. The number of carbonyl (C=O) groups is 1. The summed E-state index contributed by atoms with van der Waals surface area (Å²) in [4.78, 5) is 15.0. The highest BCUT2D eigenvalue weighted by molar-refractivity contribution is 5.98. The van der Waals surface area contributed by atoms with Crippen LogP contribution in [0.15, 0.2) is 40.9 Å². The molecule has 1 aliphatic heterocycles. The minimum absolute atomic E-state index is 0.0547. The van der Waals surface area contributed by atoms with E-state index in [9.17, 15) is 4.79 Å². The fraction of sp³-hybridized carbons (Fsp3) is 0.444. The highest BCUT2D eigenvalue weighted by Gasteiger charge is 2.29. The molecule has 4 nitrogen and oxygen atoms in total. The van der Waals surface area contributed by atoms with E-state index in [4.69, 9.17) is 4.52 Å². The van der Waals surface area contributed by atoms with Crippen molar-refractivity contribution >= 4 is 5.78 Å². The average Bonchev–Trinajstić information content (AvgIpc) is 3.07. The van der Waals surface area contributed by atoms with Gasteiger partial charge in [-0.1, -0.05) is 48.8 Å². The van der Waals surface area contributed by atoms with Crippen molar-refractivity contribution in [3.63, 3.8) is 0 Å². The van der Waals surface area contributed by atoms with Gasteiger partial charge in [-0.15, -0.1) is 0 Å². The molecule has 1 atom stereocenters. The lowest BCUT2D eigenvalue weighted by molar-refractivity contribution is 0.0740. The Morgan fingerprint density at radius 1 is 1.23 bits per heavy atom. The van der Waals surface area contributed by atoms with E-state index < -0.39 is 0 Å². The molecular weight excluding hydrogens is 276 g/mol. The molecule has 0 radical (unpaired) electrons. The lowest BCUT2D eigenvalue weighted by atomic mass is 10.0. The number of piperidine rings is 1. The highest BCUT2D eigenvalue weighted by atomic mass is 16.5. The summed E-state index contributed by atoms with van der Waals surface area (Å²) < 4.78 is 5.33. The molecule has 2 heterocycles. The first-order chi connectivity index (χ1) is 10.8. The molecule has 22 heavy (non-hydrogen) atoms. The van der Waals surface area contributed by atoms with Crippen molar-refractivity contribution in [3.8, 4) is 11.3 Å². The number of rotatable bonds is 5. The number of benzene rings is 1. The fourth-order valence-corrected chi connectivity index (χ4v) is 3.14. The molecule has 1 aromatic heterocycles. The third-order valence-corrected chi connectivity index (χ3v) is 4.34. The number of carbonyl (C=O) groups excluding carboxylic acids is 1. The average molecular weight is 298 g/mol. The van der Waals surface area contributed by atoms with Gasteiger partial charge in [-0.05, 0) is 32.4 Å². The summed E-state index contributed by atoms with van der Waals surface area (Å²) in [7, 11) is 0. The minimum Gasteiger partial charge on any atom is -0.352 e. The van der Waals surface area contributed by atoms with Gasteiger partial charge in [-0.25, -0.2) is 0 Å². The first-order valence-electron chi connectivity index (χ1n) is 8.10. The molecule has 1 unspecified atom stereocenters. The van der Waals surface area contributed by atoms with Crippen LogP contribution in [0.25, 0.3) is 11.3 Å². The van der Waals surface area contributed by atoms with Gasteiger partial charge in [0.1, 0.15) is 5.69 Å². The maximum atomic E-state index is 12.7. The van der Waals surface area contributed by atoms with Crippen LogP contribution in [-0.4, -0.2) is 35.0 Å². The van der Waals surface area contributed by atoms with Gasteiger partial charge in [0.25, 0.3) is 0 Å². The van der Waals surface area contributed by atoms with Gasteiger partial charge in [-0.2, -0.15) is 0 Å². The second-order valence-corrected chi connectivity index (χ2v) is 5.83. The van der Waals surface area contributed by atoms with E-state index in [1.807, 2.05) is 30.3 Å². The van der Waals surface area contributed by atoms with E-state index in [2.05, 4.69) is 17.0 Å². The van der Waals surface area contributed by atoms with Gasteiger partial charge in [-0.3, -0.25) is 9.69 Å². The minimum atomic E-state index is -0.0862. The highest BCUT2D eigenvalue weighted by Crippen LogP contribution is 2.22. The summed E-state index contributed by atoms with van der Waals surface area (Å²) in [6, 6.07) is 11.5. The summed E-state index contributed by atoms with van der Waals surface area (Å²) >= 11 is 0. The SMILES string of the molecule is CCC(C(=O)c1cc(-c2ccccc2)no1)N1CCCCC1. The summed E-state index contributed by atoms with van der Waals surface area (Å²) in [6.45, 7) is 4.07. The zero-order valence-electron chi connectivity index (χ0n) is 13.0. The van der Waals surface area contributed by atoms with Gasteiger partial charge >= 0.3 is 0 Å². The van der Waals surface area contributed by atoms with Crippen LogP contribution in [0.1, 0.15) is 43.2 Å².